The van der Waals surface area contributed by atoms with E-state index >= 15 is 0 Å². The molecular weight excluding hydrogens is 396 g/mol. The predicted octanol–water partition coefficient (Wildman–Crippen LogP) is 2.73. The molecule has 0 spiro atoms. The van der Waals surface area contributed by atoms with Crippen LogP contribution >= 0.6 is 24.0 Å². The Bertz CT molecular complexity index is 310. The average Bonchev–Trinajstić information content (AvgIpc) is 2.73. The van der Waals surface area contributed by atoms with Crippen LogP contribution in [0.1, 0.15) is 39.0 Å². The lowest BCUT2D eigenvalue weighted by atomic mass is 10.2. The molecule has 1 aliphatic rings. The largest absolute Gasteiger partial charge is 0.401 e. The van der Waals surface area contributed by atoms with Crippen molar-refractivity contribution in [2.24, 2.45) is 10.7 Å². The van der Waals surface area contributed by atoms with Crippen molar-refractivity contribution in [3.63, 3.8) is 0 Å². The molecule has 21 heavy (non-hydrogen) atoms. The first kappa shape index (κ1) is 20.8. The lowest BCUT2D eigenvalue weighted by Gasteiger charge is -2.18. The quantitative estimate of drug-likeness (QED) is 0.287. The van der Waals surface area contributed by atoms with Crippen LogP contribution in [0.25, 0.3) is 0 Å². The van der Waals surface area contributed by atoms with E-state index in [1.165, 1.54) is 17.7 Å². The van der Waals surface area contributed by atoms with E-state index in [-0.39, 0.29) is 30.0 Å². The van der Waals surface area contributed by atoms with E-state index in [2.05, 4.69) is 17.2 Å². The summed E-state index contributed by atoms with van der Waals surface area (Å²) in [4.78, 5) is 5.60. The number of nitrogens with one attached hydrogen (secondary N) is 1. The van der Waals surface area contributed by atoms with Gasteiger partial charge in [-0.05, 0) is 12.8 Å². The number of hydrogen-bond acceptors (Lipinski definition) is 2. The highest BCUT2D eigenvalue weighted by Gasteiger charge is 2.34. The van der Waals surface area contributed by atoms with Crippen molar-refractivity contribution in [1.82, 2.24) is 10.2 Å². The van der Waals surface area contributed by atoms with Gasteiger partial charge in [-0.2, -0.15) is 13.2 Å². The van der Waals surface area contributed by atoms with Crippen LogP contribution in [0.3, 0.4) is 0 Å². The Balaban J connectivity index is 0.00000400. The Morgan fingerprint density at radius 2 is 2.05 bits per heavy atom. The van der Waals surface area contributed by atoms with Gasteiger partial charge in [0, 0.05) is 25.7 Å². The van der Waals surface area contributed by atoms with Crippen molar-refractivity contribution < 1.29 is 13.2 Å². The molecule has 1 fully saturated rings. The maximum atomic E-state index is 12.3. The zero-order chi connectivity index (χ0) is 15.0. The highest BCUT2D eigenvalue weighted by molar-refractivity contribution is 14.0. The third-order valence-corrected chi connectivity index (χ3v) is 3.32. The second-order valence-corrected chi connectivity index (χ2v) is 5.31. The van der Waals surface area contributed by atoms with Crippen molar-refractivity contribution in [2.75, 3.05) is 26.2 Å². The molecule has 0 bridgehead atoms. The lowest BCUT2D eigenvalue weighted by Crippen LogP contribution is -2.42. The van der Waals surface area contributed by atoms with Gasteiger partial charge in [0.15, 0.2) is 5.96 Å². The fourth-order valence-corrected chi connectivity index (χ4v) is 2.34. The molecule has 0 aromatic carbocycles. The Hall–Kier alpha value is -0.250. The normalized spacial score (nSPS) is 20.4. The van der Waals surface area contributed by atoms with Gasteiger partial charge in [-0.15, -0.1) is 24.0 Å². The molecule has 4 nitrogen and oxygen atoms in total. The topological polar surface area (TPSA) is 53.6 Å². The number of halogens is 4. The molecule has 1 atom stereocenters. The maximum absolute atomic E-state index is 12.3. The molecule has 126 valence electrons. The fourth-order valence-electron chi connectivity index (χ4n) is 2.34. The first-order valence-electron chi connectivity index (χ1n) is 7.26. The number of nitrogens with two attached hydrogens (primary N) is 1. The summed E-state index contributed by atoms with van der Waals surface area (Å²) < 4.78 is 36.8. The molecule has 1 unspecified atom stereocenters. The number of hydrogen-bond donors (Lipinski definition) is 2. The Morgan fingerprint density at radius 3 is 2.67 bits per heavy atom. The van der Waals surface area contributed by atoms with Gasteiger partial charge in [0.2, 0.25) is 0 Å². The molecule has 0 radical (unpaired) electrons. The number of nitrogens with zero attached hydrogens (tertiary/aromatic N) is 2. The number of guanidine groups is 1. The van der Waals surface area contributed by atoms with Crippen LogP contribution in [0.5, 0.6) is 0 Å². The minimum Gasteiger partial charge on any atom is -0.370 e. The molecule has 0 amide bonds. The Labute approximate surface area is 141 Å². The minimum absolute atomic E-state index is 0. The number of rotatable bonds is 7. The summed E-state index contributed by atoms with van der Waals surface area (Å²) in [5, 5.41) is 3.00. The van der Waals surface area contributed by atoms with E-state index in [1.807, 2.05) is 0 Å². The molecule has 3 N–H and O–H groups in total. The fraction of sp³-hybridized carbons (Fsp3) is 0.923. The van der Waals surface area contributed by atoms with Crippen LogP contribution in [-0.4, -0.2) is 49.3 Å². The molecule has 1 saturated heterocycles. The molecule has 1 aliphatic heterocycles. The maximum Gasteiger partial charge on any atom is 0.401 e. The number of aliphatic imine (C=N–C) groups is 1. The summed E-state index contributed by atoms with van der Waals surface area (Å²) in [5.41, 5.74) is 5.74. The lowest BCUT2D eigenvalue weighted by molar-refractivity contribution is -0.143. The predicted molar refractivity (Wildman–Crippen MR) is 90.1 cm³/mol. The van der Waals surface area contributed by atoms with Gasteiger partial charge < -0.3 is 11.1 Å². The summed E-state index contributed by atoms with van der Waals surface area (Å²) in [6, 6.07) is -0.0308. The first-order chi connectivity index (χ1) is 9.40. The van der Waals surface area contributed by atoms with E-state index in [9.17, 15) is 13.2 Å². The summed E-state index contributed by atoms with van der Waals surface area (Å²) >= 11 is 0. The monoisotopic (exact) mass is 422 g/mol. The Morgan fingerprint density at radius 1 is 1.33 bits per heavy atom. The van der Waals surface area contributed by atoms with Crippen molar-refractivity contribution in [1.29, 1.82) is 0 Å². The molecule has 1 heterocycles. The average molecular weight is 422 g/mol. The third kappa shape index (κ3) is 10.2. The van der Waals surface area contributed by atoms with Crippen LogP contribution in [0.2, 0.25) is 0 Å². The van der Waals surface area contributed by atoms with Crippen molar-refractivity contribution in [3.05, 3.63) is 0 Å². The molecular formula is C13H26F3IN4. The van der Waals surface area contributed by atoms with Crippen molar-refractivity contribution >= 4 is 29.9 Å². The van der Waals surface area contributed by atoms with E-state index in [0.29, 0.717) is 32.0 Å². The minimum atomic E-state index is -4.13. The number of alkyl halides is 3. The van der Waals surface area contributed by atoms with Gasteiger partial charge >= 0.3 is 6.18 Å². The van der Waals surface area contributed by atoms with E-state index in [1.54, 1.807) is 0 Å². The van der Waals surface area contributed by atoms with Crippen LogP contribution < -0.4 is 11.1 Å². The van der Waals surface area contributed by atoms with Crippen LogP contribution in [0.15, 0.2) is 4.99 Å². The highest BCUT2D eigenvalue weighted by atomic mass is 127. The summed E-state index contributed by atoms with van der Waals surface area (Å²) in [7, 11) is 0. The second-order valence-electron chi connectivity index (χ2n) is 5.31. The van der Waals surface area contributed by atoms with E-state index < -0.39 is 12.7 Å². The van der Waals surface area contributed by atoms with Gasteiger partial charge in [0.1, 0.15) is 0 Å². The van der Waals surface area contributed by atoms with Gasteiger partial charge in [-0.3, -0.25) is 9.89 Å². The third-order valence-electron chi connectivity index (χ3n) is 3.32. The summed E-state index contributed by atoms with van der Waals surface area (Å²) in [6.07, 6.45) is 1.04. The smallest absolute Gasteiger partial charge is 0.370 e. The van der Waals surface area contributed by atoms with E-state index in [4.69, 9.17) is 5.73 Å². The molecule has 0 aliphatic carbocycles. The van der Waals surface area contributed by atoms with Crippen LogP contribution in [0.4, 0.5) is 13.2 Å². The molecule has 1 rings (SSSR count). The first-order valence-corrected chi connectivity index (χ1v) is 7.26. The van der Waals surface area contributed by atoms with Crippen molar-refractivity contribution in [3.8, 4) is 0 Å². The van der Waals surface area contributed by atoms with Gasteiger partial charge in [0.25, 0.3) is 0 Å². The van der Waals surface area contributed by atoms with E-state index in [0.717, 1.165) is 12.8 Å². The van der Waals surface area contributed by atoms with Crippen LogP contribution in [-0.2, 0) is 0 Å². The molecule has 0 aromatic heterocycles. The zero-order valence-electron chi connectivity index (χ0n) is 12.5. The van der Waals surface area contributed by atoms with Gasteiger partial charge in [-0.25, -0.2) is 0 Å². The van der Waals surface area contributed by atoms with Gasteiger partial charge in [0.05, 0.1) is 6.54 Å². The number of likely N-dealkylation sites (tertiary alicyclic amines) is 1. The number of unbranched alkanes of at least 4 members (excludes halogenated alkanes) is 3. The van der Waals surface area contributed by atoms with Crippen molar-refractivity contribution in [2.45, 2.75) is 51.2 Å². The molecule has 0 aromatic rings. The summed E-state index contributed by atoms with van der Waals surface area (Å²) in [5.74, 6) is 0.348. The highest BCUT2D eigenvalue weighted by Crippen LogP contribution is 2.19. The van der Waals surface area contributed by atoms with Crippen LogP contribution in [0, 0.1) is 0 Å². The molecule has 8 heteroatoms. The zero-order valence-corrected chi connectivity index (χ0v) is 14.8. The SMILES string of the molecule is CCCCCCN=C(N)NC1CCN(CC(F)(F)F)C1.I. The standard InChI is InChI=1S/C13H25F3N4.HI/c1-2-3-4-5-7-18-12(17)19-11-6-8-20(9-11)10-13(14,15)16;/h11H,2-10H2,1H3,(H3,17,18,19);1H. The summed E-state index contributed by atoms with van der Waals surface area (Å²) in [6.45, 7) is 2.79. The molecule has 0 saturated carbocycles. The Kier molecular flexibility index (Phi) is 10.3. The van der Waals surface area contributed by atoms with Gasteiger partial charge in [-0.1, -0.05) is 26.2 Å². The second kappa shape index (κ2) is 10.5.